The first kappa shape index (κ1) is 23.5. The summed E-state index contributed by atoms with van der Waals surface area (Å²) in [6.07, 6.45) is 3.61. The van der Waals surface area contributed by atoms with Gasteiger partial charge in [-0.2, -0.15) is 0 Å². The summed E-state index contributed by atoms with van der Waals surface area (Å²) in [6.45, 7) is 7.35. The number of hydrogen-bond acceptors (Lipinski definition) is 3. The van der Waals surface area contributed by atoms with Crippen LogP contribution in [0.1, 0.15) is 0 Å². The number of rotatable bonds is 5. The molecule has 0 N–H and O–H groups in total. The van der Waals surface area contributed by atoms with E-state index in [1.807, 2.05) is 67.0 Å². The molecule has 0 atom stereocenters. The van der Waals surface area contributed by atoms with E-state index in [4.69, 9.17) is 11.0 Å². The van der Waals surface area contributed by atoms with E-state index < -0.39 is 0 Å². The Morgan fingerprint density at radius 2 is 1.12 bits per heavy atom. The third kappa shape index (κ3) is 4.16. The molecule has 0 spiro atoms. The number of aromatic nitrogens is 1. The predicted molar refractivity (Wildman–Crippen MR) is 163 cm³/mol. The molecule has 7 aromatic rings. The van der Waals surface area contributed by atoms with Gasteiger partial charge >= 0.3 is 0 Å². The third-order valence-corrected chi connectivity index (χ3v) is 7.22. The van der Waals surface area contributed by atoms with Gasteiger partial charge < -0.3 is 9.32 Å². The van der Waals surface area contributed by atoms with Crippen molar-refractivity contribution in [2.24, 2.45) is 0 Å². The topological polar surface area (TPSA) is 33.6 Å². The molecule has 0 aliphatic heterocycles. The second-order valence-electron chi connectivity index (χ2n) is 9.57. The molecule has 0 aliphatic rings. The Bertz CT molecular complexity index is 1980. The monoisotopic (exact) mass is 513 g/mol. The number of anilines is 3. The van der Waals surface area contributed by atoms with Gasteiger partial charge in [0.15, 0.2) is 5.69 Å². The highest BCUT2D eigenvalue weighted by atomic mass is 16.3. The lowest BCUT2D eigenvalue weighted by molar-refractivity contribution is 0.670. The summed E-state index contributed by atoms with van der Waals surface area (Å²) >= 11 is 0. The molecule has 40 heavy (non-hydrogen) atoms. The largest absolute Gasteiger partial charge is 0.455 e. The van der Waals surface area contributed by atoms with Gasteiger partial charge in [0.05, 0.1) is 6.57 Å². The van der Waals surface area contributed by atoms with Crippen LogP contribution in [0.3, 0.4) is 0 Å². The minimum atomic E-state index is 0.617. The van der Waals surface area contributed by atoms with Gasteiger partial charge in [-0.15, -0.1) is 0 Å². The van der Waals surface area contributed by atoms with Gasteiger partial charge in [0, 0.05) is 45.8 Å². The number of nitrogens with zero attached hydrogens (tertiary/aromatic N) is 3. The van der Waals surface area contributed by atoms with E-state index in [9.17, 15) is 0 Å². The van der Waals surface area contributed by atoms with Crippen LogP contribution in [0.2, 0.25) is 0 Å². The second-order valence-corrected chi connectivity index (χ2v) is 9.57. The Labute approximate surface area is 232 Å². The lowest BCUT2D eigenvalue weighted by atomic mass is 10.0. The molecule has 2 aromatic heterocycles. The van der Waals surface area contributed by atoms with Crippen LogP contribution in [0.25, 0.3) is 49.0 Å². The molecule has 0 amide bonds. The zero-order chi connectivity index (χ0) is 26.9. The molecule has 0 saturated heterocycles. The molecular weight excluding hydrogens is 490 g/mol. The van der Waals surface area contributed by atoms with E-state index in [1.165, 1.54) is 0 Å². The smallest absolute Gasteiger partial charge is 0.187 e. The maximum Gasteiger partial charge on any atom is 0.187 e. The second kappa shape index (κ2) is 9.90. The van der Waals surface area contributed by atoms with E-state index >= 15 is 0 Å². The fourth-order valence-electron chi connectivity index (χ4n) is 5.24. The molecule has 0 aliphatic carbocycles. The van der Waals surface area contributed by atoms with Gasteiger partial charge in [-0.1, -0.05) is 72.8 Å². The Hall–Kier alpha value is -5.66. The highest BCUT2D eigenvalue weighted by molar-refractivity contribution is 6.09. The summed E-state index contributed by atoms with van der Waals surface area (Å²) in [4.78, 5) is 9.90. The maximum atomic E-state index is 7.35. The van der Waals surface area contributed by atoms with E-state index in [0.717, 1.165) is 61.3 Å². The van der Waals surface area contributed by atoms with Crippen LogP contribution in [0.4, 0.5) is 22.7 Å². The highest BCUT2D eigenvalue weighted by Gasteiger charge is 2.15. The quantitative estimate of drug-likeness (QED) is 0.215. The molecule has 2 heterocycles. The van der Waals surface area contributed by atoms with Gasteiger partial charge in [0.25, 0.3) is 0 Å². The van der Waals surface area contributed by atoms with Crippen LogP contribution in [0.15, 0.2) is 144 Å². The molecule has 0 unspecified atom stereocenters. The first-order valence-electron chi connectivity index (χ1n) is 13.1. The number of furan rings is 1. The van der Waals surface area contributed by atoms with Gasteiger partial charge in [-0.3, -0.25) is 4.98 Å². The lowest BCUT2D eigenvalue weighted by Gasteiger charge is -2.26. The molecule has 0 radical (unpaired) electrons. The zero-order valence-corrected chi connectivity index (χ0v) is 21.5. The first-order valence-corrected chi connectivity index (χ1v) is 13.1. The van der Waals surface area contributed by atoms with E-state index in [0.29, 0.717) is 5.69 Å². The van der Waals surface area contributed by atoms with Crippen molar-refractivity contribution in [3.8, 4) is 22.3 Å². The fourth-order valence-corrected chi connectivity index (χ4v) is 5.24. The van der Waals surface area contributed by atoms with Crippen molar-refractivity contribution in [3.05, 3.63) is 151 Å². The predicted octanol–water partition coefficient (Wildman–Crippen LogP) is 10.3. The molecule has 0 saturated carbocycles. The summed E-state index contributed by atoms with van der Waals surface area (Å²) in [5.74, 6) is 0. The fraction of sp³-hybridized carbons (Fsp3) is 0. The summed E-state index contributed by atoms with van der Waals surface area (Å²) < 4.78 is 6.29. The van der Waals surface area contributed by atoms with Crippen LogP contribution in [-0.4, -0.2) is 4.98 Å². The van der Waals surface area contributed by atoms with Gasteiger partial charge in [0.2, 0.25) is 0 Å². The Morgan fingerprint density at radius 3 is 1.80 bits per heavy atom. The van der Waals surface area contributed by atoms with Crippen LogP contribution in [0.5, 0.6) is 0 Å². The van der Waals surface area contributed by atoms with E-state index in [1.54, 1.807) is 0 Å². The van der Waals surface area contributed by atoms with Crippen LogP contribution >= 0.6 is 0 Å². The van der Waals surface area contributed by atoms with E-state index in [-0.39, 0.29) is 0 Å². The van der Waals surface area contributed by atoms with Crippen molar-refractivity contribution >= 4 is 44.7 Å². The Kier molecular flexibility index (Phi) is 5.81. The SMILES string of the molecule is [C-]#[N+]c1ccc(N(c2ccc(-c3ccncc3)cc2)c2ccc(-c3cccc4c3oc3ccccc34)cc2)cc1. The normalized spacial score (nSPS) is 11.0. The van der Waals surface area contributed by atoms with Crippen LogP contribution < -0.4 is 4.90 Å². The van der Waals surface area contributed by atoms with Crippen LogP contribution in [-0.2, 0) is 0 Å². The maximum absolute atomic E-state index is 7.35. The van der Waals surface area contributed by atoms with Crippen LogP contribution in [0, 0.1) is 6.57 Å². The third-order valence-electron chi connectivity index (χ3n) is 7.22. The molecule has 4 heteroatoms. The molecule has 4 nitrogen and oxygen atoms in total. The minimum Gasteiger partial charge on any atom is -0.455 e. The number of fused-ring (bicyclic) bond motifs is 3. The number of para-hydroxylation sites is 2. The van der Waals surface area contributed by atoms with E-state index in [2.05, 4.69) is 87.5 Å². The molecular formula is C36H23N3O. The Balaban J connectivity index is 1.30. The summed E-state index contributed by atoms with van der Waals surface area (Å²) in [5.41, 5.74) is 9.85. The number of pyridine rings is 1. The van der Waals surface area contributed by atoms with Crippen molar-refractivity contribution in [2.75, 3.05) is 4.90 Å². The summed E-state index contributed by atoms with van der Waals surface area (Å²) in [7, 11) is 0. The standard InChI is InChI=1S/C36H23N3O/c1-37-28-13-19-31(20-14-28)39(29-15-9-25(10-16-29)26-21-23-38-24-22-26)30-17-11-27(12-18-30)32-6-4-7-34-33-5-2-3-8-35(33)40-36(32)34/h2-24H. The Morgan fingerprint density at radius 1 is 0.550 bits per heavy atom. The first-order chi connectivity index (χ1) is 19.8. The molecule has 188 valence electrons. The van der Waals surface area contributed by atoms with Gasteiger partial charge in [-0.25, -0.2) is 4.85 Å². The average Bonchev–Trinajstić information content (AvgIpc) is 3.42. The van der Waals surface area contributed by atoms with Crippen molar-refractivity contribution in [1.82, 2.24) is 4.98 Å². The van der Waals surface area contributed by atoms with Gasteiger partial charge in [0.1, 0.15) is 11.2 Å². The van der Waals surface area contributed by atoms with Gasteiger partial charge in [-0.05, 0) is 71.3 Å². The lowest BCUT2D eigenvalue weighted by Crippen LogP contribution is -2.09. The number of benzene rings is 5. The molecule has 7 rings (SSSR count). The minimum absolute atomic E-state index is 0.617. The highest BCUT2D eigenvalue weighted by Crippen LogP contribution is 2.39. The molecule has 5 aromatic carbocycles. The summed E-state index contributed by atoms with van der Waals surface area (Å²) in [5, 5.41) is 2.24. The zero-order valence-electron chi connectivity index (χ0n) is 21.5. The average molecular weight is 514 g/mol. The molecule has 0 fully saturated rings. The van der Waals surface area contributed by atoms with Crippen molar-refractivity contribution in [1.29, 1.82) is 0 Å². The van der Waals surface area contributed by atoms with Crippen molar-refractivity contribution in [3.63, 3.8) is 0 Å². The summed E-state index contributed by atoms with van der Waals surface area (Å²) in [6, 6.07) is 43.3. The number of hydrogen-bond donors (Lipinski definition) is 0. The van der Waals surface area contributed by atoms with Crippen molar-refractivity contribution in [2.45, 2.75) is 0 Å². The van der Waals surface area contributed by atoms with Crippen molar-refractivity contribution < 1.29 is 4.42 Å². The molecule has 0 bridgehead atoms.